The van der Waals surface area contributed by atoms with Crippen LogP contribution in [-0.2, 0) is 0 Å². The van der Waals surface area contributed by atoms with Crippen molar-refractivity contribution in [2.45, 2.75) is 58.2 Å². The van der Waals surface area contributed by atoms with E-state index in [0.29, 0.717) is 5.54 Å². The number of hydrogen-bond donors (Lipinski definition) is 0. The normalized spacial score (nSPS) is 35.1. The second-order valence-corrected chi connectivity index (χ2v) is 5.80. The molecule has 2 unspecified atom stereocenters. The Morgan fingerprint density at radius 1 is 1.07 bits per heavy atom. The summed E-state index contributed by atoms with van der Waals surface area (Å²) in [6.07, 6.45) is 2.84. The second-order valence-electron chi connectivity index (χ2n) is 5.80. The number of fused-ring (bicyclic) bond motifs is 3. The highest BCUT2D eigenvalue weighted by Crippen LogP contribution is 2.33. The Morgan fingerprint density at radius 3 is 2.14 bits per heavy atom. The molecule has 0 radical (unpaired) electrons. The van der Waals surface area contributed by atoms with Gasteiger partial charge in [-0.05, 0) is 40.2 Å². The van der Waals surface area contributed by atoms with Gasteiger partial charge in [0.2, 0.25) is 0 Å². The largest absolute Gasteiger partial charge is 0.298 e. The highest BCUT2D eigenvalue weighted by atomic mass is 15.3. The molecule has 2 atom stereocenters. The summed E-state index contributed by atoms with van der Waals surface area (Å²) in [5.41, 5.74) is 0.364. The van der Waals surface area contributed by atoms with Crippen LogP contribution in [0, 0.1) is 0 Å². The minimum Gasteiger partial charge on any atom is -0.298 e. The van der Waals surface area contributed by atoms with Crippen molar-refractivity contribution < 1.29 is 0 Å². The summed E-state index contributed by atoms with van der Waals surface area (Å²) in [6.45, 7) is 13.2. The van der Waals surface area contributed by atoms with Gasteiger partial charge in [0.1, 0.15) is 0 Å². The standard InChI is InChI=1S/C12H24N2/c1-5-13-8-11-7-6-10(13)9-14(11)12(2,3)4/h10-11H,5-9H2,1-4H3. The van der Waals surface area contributed by atoms with Crippen LogP contribution in [0.5, 0.6) is 0 Å². The molecule has 0 aromatic carbocycles. The van der Waals surface area contributed by atoms with Crippen LogP contribution in [0.25, 0.3) is 0 Å². The van der Waals surface area contributed by atoms with Crippen LogP contribution in [0.2, 0.25) is 0 Å². The Hall–Kier alpha value is -0.0800. The molecule has 0 aromatic heterocycles. The van der Waals surface area contributed by atoms with Crippen LogP contribution in [0.1, 0.15) is 40.5 Å². The van der Waals surface area contributed by atoms with Crippen molar-refractivity contribution in [1.82, 2.24) is 9.80 Å². The number of hydrogen-bond acceptors (Lipinski definition) is 2. The second kappa shape index (κ2) is 3.49. The van der Waals surface area contributed by atoms with Crippen LogP contribution < -0.4 is 0 Å². The molecular weight excluding hydrogens is 172 g/mol. The van der Waals surface area contributed by atoms with Gasteiger partial charge in [-0.25, -0.2) is 0 Å². The first-order valence-electron chi connectivity index (χ1n) is 6.03. The Bertz CT molecular complexity index is 207. The summed E-state index contributed by atoms with van der Waals surface area (Å²) in [7, 11) is 0. The van der Waals surface area contributed by atoms with Crippen molar-refractivity contribution in [3.63, 3.8) is 0 Å². The third-order valence-corrected chi connectivity index (χ3v) is 3.91. The maximum absolute atomic E-state index is 2.72. The van der Waals surface area contributed by atoms with Gasteiger partial charge in [0.15, 0.2) is 0 Å². The fraction of sp³-hybridized carbons (Fsp3) is 1.00. The molecular formula is C12H24N2. The quantitative estimate of drug-likeness (QED) is 0.632. The number of piperidine rings is 2. The van der Waals surface area contributed by atoms with Crippen LogP contribution >= 0.6 is 0 Å². The average molecular weight is 196 g/mol. The summed E-state index contributed by atoms with van der Waals surface area (Å²) < 4.78 is 0. The zero-order chi connectivity index (χ0) is 10.3. The van der Waals surface area contributed by atoms with E-state index in [-0.39, 0.29) is 0 Å². The van der Waals surface area contributed by atoms with Crippen LogP contribution in [0.15, 0.2) is 0 Å². The molecule has 0 saturated carbocycles. The molecule has 2 heteroatoms. The lowest BCUT2D eigenvalue weighted by atomic mass is 9.87. The van der Waals surface area contributed by atoms with Gasteiger partial charge in [0, 0.05) is 30.7 Å². The highest BCUT2D eigenvalue weighted by Gasteiger charge is 2.41. The van der Waals surface area contributed by atoms with Crippen LogP contribution in [-0.4, -0.2) is 47.1 Å². The lowest BCUT2D eigenvalue weighted by molar-refractivity contribution is -0.0612. The third kappa shape index (κ3) is 1.70. The minimum absolute atomic E-state index is 0.364. The Kier molecular flexibility index (Phi) is 2.61. The first-order chi connectivity index (χ1) is 6.52. The molecule has 3 fully saturated rings. The van der Waals surface area contributed by atoms with E-state index in [1.54, 1.807) is 0 Å². The van der Waals surface area contributed by atoms with Gasteiger partial charge in [0.25, 0.3) is 0 Å². The number of piperazine rings is 1. The van der Waals surface area contributed by atoms with E-state index in [4.69, 9.17) is 0 Å². The minimum atomic E-state index is 0.364. The van der Waals surface area contributed by atoms with Crippen molar-refractivity contribution in [2.75, 3.05) is 19.6 Å². The maximum atomic E-state index is 2.72. The smallest absolute Gasteiger partial charge is 0.0229 e. The molecule has 3 saturated heterocycles. The number of likely N-dealkylation sites (N-methyl/N-ethyl adjacent to an activating group) is 1. The molecule has 3 aliphatic heterocycles. The zero-order valence-electron chi connectivity index (χ0n) is 10.1. The van der Waals surface area contributed by atoms with E-state index in [2.05, 4.69) is 37.5 Å². The molecule has 0 spiro atoms. The first-order valence-corrected chi connectivity index (χ1v) is 6.03. The average Bonchev–Trinajstić information content (AvgIpc) is 2.17. The SMILES string of the molecule is CCN1CC2CCC1CN2C(C)(C)C. The maximum Gasteiger partial charge on any atom is 0.0229 e. The fourth-order valence-electron chi connectivity index (χ4n) is 3.12. The topological polar surface area (TPSA) is 6.48 Å². The molecule has 0 aromatic rings. The number of rotatable bonds is 1. The highest BCUT2D eigenvalue weighted by molar-refractivity contribution is 4.98. The lowest BCUT2D eigenvalue weighted by Crippen LogP contribution is -2.66. The molecule has 3 aliphatic rings. The zero-order valence-corrected chi connectivity index (χ0v) is 10.1. The van der Waals surface area contributed by atoms with Gasteiger partial charge in [-0.1, -0.05) is 6.92 Å². The van der Waals surface area contributed by atoms with Crippen molar-refractivity contribution in [2.24, 2.45) is 0 Å². The first kappa shape index (κ1) is 10.4. The molecule has 3 heterocycles. The van der Waals surface area contributed by atoms with E-state index < -0.39 is 0 Å². The van der Waals surface area contributed by atoms with E-state index >= 15 is 0 Å². The molecule has 14 heavy (non-hydrogen) atoms. The van der Waals surface area contributed by atoms with Gasteiger partial charge in [-0.15, -0.1) is 0 Å². The molecule has 3 rings (SSSR count). The Morgan fingerprint density at radius 2 is 1.71 bits per heavy atom. The lowest BCUT2D eigenvalue weighted by Gasteiger charge is -2.55. The van der Waals surface area contributed by atoms with E-state index in [1.807, 2.05) is 0 Å². The van der Waals surface area contributed by atoms with E-state index in [0.717, 1.165) is 12.1 Å². The monoisotopic (exact) mass is 196 g/mol. The number of nitrogens with zero attached hydrogens (tertiary/aromatic N) is 2. The molecule has 2 nitrogen and oxygen atoms in total. The third-order valence-electron chi connectivity index (χ3n) is 3.91. The Balaban J connectivity index is 2.08. The van der Waals surface area contributed by atoms with E-state index in [1.165, 1.54) is 32.5 Å². The van der Waals surface area contributed by atoms with Gasteiger partial charge in [0.05, 0.1) is 0 Å². The van der Waals surface area contributed by atoms with Gasteiger partial charge in [-0.3, -0.25) is 9.80 Å². The molecule has 0 amide bonds. The van der Waals surface area contributed by atoms with Gasteiger partial charge >= 0.3 is 0 Å². The van der Waals surface area contributed by atoms with Crippen molar-refractivity contribution in [1.29, 1.82) is 0 Å². The van der Waals surface area contributed by atoms with Crippen LogP contribution in [0.3, 0.4) is 0 Å². The Labute approximate surface area is 88.3 Å². The molecule has 2 bridgehead atoms. The molecule has 82 valence electrons. The van der Waals surface area contributed by atoms with Crippen molar-refractivity contribution >= 4 is 0 Å². The predicted molar refractivity (Wildman–Crippen MR) is 60.5 cm³/mol. The summed E-state index contributed by atoms with van der Waals surface area (Å²) in [5.74, 6) is 0. The van der Waals surface area contributed by atoms with E-state index in [9.17, 15) is 0 Å². The summed E-state index contributed by atoms with van der Waals surface area (Å²) in [4.78, 5) is 5.38. The fourth-order valence-corrected chi connectivity index (χ4v) is 3.12. The molecule has 0 N–H and O–H groups in total. The summed E-state index contributed by atoms with van der Waals surface area (Å²) in [5, 5.41) is 0. The predicted octanol–water partition coefficient (Wildman–Crippen LogP) is 1.95. The van der Waals surface area contributed by atoms with Crippen molar-refractivity contribution in [3.05, 3.63) is 0 Å². The van der Waals surface area contributed by atoms with Crippen molar-refractivity contribution in [3.8, 4) is 0 Å². The summed E-state index contributed by atoms with van der Waals surface area (Å²) in [6, 6.07) is 1.66. The van der Waals surface area contributed by atoms with Gasteiger partial charge in [-0.2, -0.15) is 0 Å². The summed E-state index contributed by atoms with van der Waals surface area (Å²) >= 11 is 0. The van der Waals surface area contributed by atoms with Gasteiger partial charge < -0.3 is 0 Å². The van der Waals surface area contributed by atoms with Crippen LogP contribution in [0.4, 0.5) is 0 Å². The molecule has 0 aliphatic carbocycles.